The normalized spacial score (nSPS) is 22.4. The van der Waals surface area contributed by atoms with Crippen molar-refractivity contribution in [3.05, 3.63) is 48.0 Å². The summed E-state index contributed by atoms with van der Waals surface area (Å²) in [6, 6.07) is 10.1. The molecule has 0 radical (unpaired) electrons. The van der Waals surface area contributed by atoms with Crippen molar-refractivity contribution in [3.8, 4) is 0 Å². The van der Waals surface area contributed by atoms with Crippen molar-refractivity contribution in [2.45, 2.75) is 24.9 Å². The van der Waals surface area contributed by atoms with Gasteiger partial charge in [-0.05, 0) is 18.6 Å². The van der Waals surface area contributed by atoms with Gasteiger partial charge in [0.05, 0.1) is 4.99 Å². The minimum Gasteiger partial charge on any atom is -0.451 e. The van der Waals surface area contributed by atoms with E-state index in [9.17, 15) is 4.79 Å². The van der Waals surface area contributed by atoms with Gasteiger partial charge in [-0.3, -0.25) is 0 Å². The third-order valence-electron chi connectivity index (χ3n) is 3.64. The van der Waals surface area contributed by atoms with Gasteiger partial charge < -0.3 is 9.64 Å². The summed E-state index contributed by atoms with van der Waals surface area (Å²) < 4.78 is 5.52. The first kappa shape index (κ1) is 14.7. The van der Waals surface area contributed by atoms with Crippen LogP contribution in [-0.4, -0.2) is 35.6 Å². The summed E-state index contributed by atoms with van der Waals surface area (Å²) in [5, 5.41) is 0. The zero-order valence-electron chi connectivity index (χ0n) is 12.0. The lowest BCUT2D eigenvalue weighted by Gasteiger charge is -2.33. The smallest absolute Gasteiger partial charge is 0.331 e. The molecule has 3 nitrogen and oxygen atoms in total. The number of cyclic esters (lactones) is 1. The zero-order chi connectivity index (χ0) is 14.8. The molecule has 0 saturated heterocycles. The van der Waals surface area contributed by atoms with E-state index in [4.69, 9.17) is 17.0 Å². The highest BCUT2D eigenvalue weighted by atomic mass is 32.1. The molecule has 1 aliphatic rings. The van der Waals surface area contributed by atoms with Crippen LogP contribution in [0.25, 0.3) is 0 Å². The number of carbonyl (C=O) groups is 1. The lowest BCUT2D eigenvalue weighted by Crippen LogP contribution is -2.35. The molecule has 2 atom stereocenters. The van der Waals surface area contributed by atoms with Crippen molar-refractivity contribution >= 4 is 23.2 Å². The van der Waals surface area contributed by atoms with Crippen LogP contribution in [0.3, 0.4) is 0 Å². The van der Waals surface area contributed by atoms with Gasteiger partial charge >= 0.3 is 5.97 Å². The molecule has 1 aromatic carbocycles. The molecule has 1 heterocycles. The number of benzene rings is 1. The molecule has 0 bridgehead atoms. The maximum atomic E-state index is 11.5. The van der Waals surface area contributed by atoms with E-state index < -0.39 is 5.60 Å². The number of carbonyl (C=O) groups excluding carboxylic acids is 1. The van der Waals surface area contributed by atoms with Gasteiger partial charge in [0.1, 0.15) is 5.60 Å². The maximum Gasteiger partial charge on any atom is 0.331 e. The van der Waals surface area contributed by atoms with E-state index in [2.05, 4.69) is 0 Å². The number of hydrogen-bond donors (Lipinski definition) is 0. The number of nitrogens with zero attached hydrogens (tertiary/aromatic N) is 1. The average Bonchev–Trinajstić information content (AvgIpc) is 2.77. The maximum absolute atomic E-state index is 11.5. The van der Waals surface area contributed by atoms with Crippen LogP contribution in [-0.2, 0) is 9.53 Å². The van der Waals surface area contributed by atoms with Crippen LogP contribution in [0.4, 0.5) is 0 Å². The predicted octanol–water partition coefficient (Wildman–Crippen LogP) is 2.92. The topological polar surface area (TPSA) is 29.5 Å². The predicted molar refractivity (Wildman–Crippen MR) is 83.7 cm³/mol. The Hall–Kier alpha value is -1.68. The van der Waals surface area contributed by atoms with Gasteiger partial charge in [0.2, 0.25) is 0 Å². The monoisotopic (exact) mass is 289 g/mol. The molecule has 1 aromatic rings. The minimum atomic E-state index is -0.640. The number of ether oxygens (including phenoxy) is 1. The summed E-state index contributed by atoms with van der Waals surface area (Å²) in [6.45, 7) is 1.93. The fraction of sp³-hybridized carbons (Fsp3) is 0.375. The molecule has 0 fully saturated rings. The molecule has 0 aliphatic carbocycles. The molecular formula is C16H19NO2S. The summed E-state index contributed by atoms with van der Waals surface area (Å²) in [6.07, 6.45) is 4.00. The fourth-order valence-corrected chi connectivity index (χ4v) is 2.57. The van der Waals surface area contributed by atoms with Crippen LogP contribution in [0.5, 0.6) is 0 Å². The van der Waals surface area contributed by atoms with Gasteiger partial charge in [0.25, 0.3) is 0 Å². The van der Waals surface area contributed by atoms with E-state index in [0.29, 0.717) is 6.42 Å². The summed E-state index contributed by atoms with van der Waals surface area (Å²) in [7, 11) is 3.87. The van der Waals surface area contributed by atoms with Gasteiger partial charge in [-0.2, -0.15) is 0 Å². The highest BCUT2D eigenvalue weighted by molar-refractivity contribution is 7.80. The summed E-state index contributed by atoms with van der Waals surface area (Å²) in [4.78, 5) is 14.2. The molecule has 2 rings (SSSR count). The molecule has 1 aliphatic heterocycles. The molecule has 0 amide bonds. The Kier molecular flexibility index (Phi) is 4.23. The van der Waals surface area contributed by atoms with Gasteiger partial charge in [-0.1, -0.05) is 42.5 Å². The standard InChI is InChI=1S/C16H19NO2S/c1-16(10-9-15(18)19-16)13(11-14(20)17(2)3)12-7-5-4-6-8-12/h4-10,13H,11H2,1-3H3/t13-,16+/m1/s1. The second kappa shape index (κ2) is 5.75. The van der Waals surface area contributed by atoms with Gasteiger partial charge in [-0.25, -0.2) is 4.79 Å². The van der Waals surface area contributed by atoms with Crippen LogP contribution in [0.15, 0.2) is 42.5 Å². The Bertz CT molecular complexity index is 539. The van der Waals surface area contributed by atoms with Crippen molar-refractivity contribution in [1.29, 1.82) is 0 Å². The zero-order valence-corrected chi connectivity index (χ0v) is 12.8. The number of esters is 1. The van der Waals surface area contributed by atoms with Crippen molar-refractivity contribution < 1.29 is 9.53 Å². The Morgan fingerprint density at radius 3 is 2.50 bits per heavy atom. The summed E-state index contributed by atoms with van der Waals surface area (Å²) in [5.74, 6) is -0.273. The van der Waals surface area contributed by atoms with Crippen molar-refractivity contribution in [1.82, 2.24) is 4.90 Å². The van der Waals surface area contributed by atoms with E-state index in [0.717, 1.165) is 10.6 Å². The lowest BCUT2D eigenvalue weighted by molar-refractivity contribution is -0.145. The average molecular weight is 289 g/mol. The van der Waals surface area contributed by atoms with E-state index in [1.54, 1.807) is 0 Å². The molecule has 106 valence electrons. The number of thiocarbonyl (C=S) groups is 1. The lowest BCUT2D eigenvalue weighted by atomic mass is 9.81. The third kappa shape index (κ3) is 3.07. The highest BCUT2D eigenvalue weighted by Crippen LogP contribution is 2.38. The largest absolute Gasteiger partial charge is 0.451 e. The Morgan fingerprint density at radius 1 is 1.35 bits per heavy atom. The second-order valence-electron chi connectivity index (χ2n) is 5.39. The molecular weight excluding hydrogens is 270 g/mol. The molecule has 4 heteroatoms. The van der Waals surface area contributed by atoms with E-state index in [-0.39, 0.29) is 11.9 Å². The molecule has 0 saturated carbocycles. The summed E-state index contributed by atoms with van der Waals surface area (Å²) in [5.41, 5.74) is 0.483. The first-order valence-corrected chi connectivity index (χ1v) is 7.00. The fourth-order valence-electron chi connectivity index (χ4n) is 2.40. The van der Waals surface area contributed by atoms with E-state index in [1.807, 2.05) is 62.3 Å². The summed E-state index contributed by atoms with van der Waals surface area (Å²) >= 11 is 5.43. The third-order valence-corrected chi connectivity index (χ3v) is 4.17. The Morgan fingerprint density at radius 2 is 2.00 bits per heavy atom. The second-order valence-corrected chi connectivity index (χ2v) is 5.87. The molecule has 0 N–H and O–H groups in total. The molecule has 0 unspecified atom stereocenters. The highest BCUT2D eigenvalue weighted by Gasteiger charge is 2.40. The van der Waals surface area contributed by atoms with Gasteiger partial charge in [0.15, 0.2) is 0 Å². The van der Waals surface area contributed by atoms with Gasteiger partial charge in [0, 0.05) is 32.5 Å². The first-order chi connectivity index (χ1) is 9.42. The minimum absolute atomic E-state index is 0.0151. The quantitative estimate of drug-likeness (QED) is 0.629. The molecule has 0 aromatic heterocycles. The Balaban J connectivity index is 2.32. The first-order valence-electron chi connectivity index (χ1n) is 6.60. The molecule has 20 heavy (non-hydrogen) atoms. The number of rotatable bonds is 4. The van der Waals surface area contributed by atoms with Crippen molar-refractivity contribution in [2.75, 3.05) is 14.1 Å². The van der Waals surface area contributed by atoms with Crippen molar-refractivity contribution in [3.63, 3.8) is 0 Å². The van der Waals surface area contributed by atoms with Crippen LogP contribution >= 0.6 is 12.2 Å². The van der Waals surface area contributed by atoms with Crippen LogP contribution < -0.4 is 0 Å². The van der Waals surface area contributed by atoms with E-state index in [1.165, 1.54) is 6.08 Å². The van der Waals surface area contributed by atoms with Gasteiger partial charge in [-0.15, -0.1) is 0 Å². The number of hydrogen-bond acceptors (Lipinski definition) is 3. The molecule has 0 spiro atoms. The van der Waals surface area contributed by atoms with Crippen molar-refractivity contribution in [2.24, 2.45) is 0 Å². The van der Waals surface area contributed by atoms with Crippen LogP contribution in [0, 0.1) is 0 Å². The van der Waals surface area contributed by atoms with E-state index >= 15 is 0 Å². The Labute approximate surface area is 125 Å². The van der Waals surface area contributed by atoms with Crippen LogP contribution in [0.1, 0.15) is 24.8 Å². The van der Waals surface area contributed by atoms with Crippen LogP contribution in [0.2, 0.25) is 0 Å². The SMILES string of the molecule is CN(C)C(=S)C[C@H](c1ccccc1)[C@]1(C)C=CC(=O)O1.